The first kappa shape index (κ1) is 13.4. The predicted octanol–water partition coefficient (Wildman–Crippen LogP) is 0.738. The summed E-state index contributed by atoms with van der Waals surface area (Å²) >= 11 is 0. The molecule has 1 saturated heterocycles. The number of amidine groups is 1. The summed E-state index contributed by atoms with van der Waals surface area (Å²) in [4.78, 5) is 15.3. The lowest BCUT2D eigenvalue weighted by atomic mass is 9.98. The number of pyridine rings is 1. The number of hydrogen-bond donors (Lipinski definition) is 3. The quantitative estimate of drug-likeness (QED) is 0.242. The Labute approximate surface area is 109 Å². The van der Waals surface area contributed by atoms with Crippen LogP contribution in [0.25, 0.3) is 0 Å². The van der Waals surface area contributed by atoms with Crippen molar-refractivity contribution >= 4 is 11.7 Å². The molecular weight excluding hydrogens is 251 g/mol. The molecule has 2 rings (SSSR count). The van der Waals surface area contributed by atoms with Crippen LogP contribution in [0.5, 0.6) is 0 Å². The van der Waals surface area contributed by atoms with Gasteiger partial charge in [-0.25, -0.2) is 4.98 Å². The maximum atomic E-state index is 12.7. The number of oxime groups is 1. The molecule has 1 fully saturated rings. The van der Waals surface area contributed by atoms with E-state index in [9.17, 15) is 9.18 Å². The van der Waals surface area contributed by atoms with Crippen LogP contribution in [0.2, 0.25) is 0 Å². The lowest BCUT2D eigenvalue weighted by molar-refractivity contribution is 0.0972. The number of nitrogens with zero attached hydrogens (tertiary/aromatic N) is 2. The highest BCUT2D eigenvalue weighted by Gasteiger charge is 2.22. The van der Waals surface area contributed by atoms with Crippen molar-refractivity contribution in [3.8, 4) is 0 Å². The van der Waals surface area contributed by atoms with E-state index in [1.165, 1.54) is 6.07 Å². The minimum absolute atomic E-state index is 0.0314. The Balaban J connectivity index is 2.01. The summed E-state index contributed by atoms with van der Waals surface area (Å²) in [5.41, 5.74) is 0.214. The van der Waals surface area contributed by atoms with E-state index < -0.39 is 11.9 Å². The van der Waals surface area contributed by atoms with Gasteiger partial charge >= 0.3 is 0 Å². The first-order valence-electron chi connectivity index (χ1n) is 6.06. The summed E-state index contributed by atoms with van der Waals surface area (Å²) in [5, 5.41) is 17.8. The SMILES string of the molecule is O=C(NC(=NO)[C@H]1CCCNC1)c1ccc(F)nc1. The lowest BCUT2D eigenvalue weighted by Gasteiger charge is -2.23. The number of carbonyl (C=O) groups excluding carboxylic acids is 1. The number of nitrogens with one attached hydrogen (secondary N) is 2. The van der Waals surface area contributed by atoms with E-state index in [-0.39, 0.29) is 17.3 Å². The van der Waals surface area contributed by atoms with Crippen molar-refractivity contribution in [2.75, 3.05) is 13.1 Å². The van der Waals surface area contributed by atoms with Crippen LogP contribution < -0.4 is 10.6 Å². The van der Waals surface area contributed by atoms with Crippen LogP contribution in [0.4, 0.5) is 4.39 Å². The maximum absolute atomic E-state index is 12.7. The van der Waals surface area contributed by atoms with E-state index in [4.69, 9.17) is 5.21 Å². The van der Waals surface area contributed by atoms with Gasteiger partial charge in [0, 0.05) is 18.7 Å². The van der Waals surface area contributed by atoms with E-state index in [0.717, 1.165) is 31.6 Å². The van der Waals surface area contributed by atoms with Gasteiger partial charge in [0.15, 0.2) is 5.84 Å². The minimum Gasteiger partial charge on any atom is -0.409 e. The van der Waals surface area contributed by atoms with Gasteiger partial charge in [0.05, 0.1) is 5.56 Å². The third-order valence-corrected chi connectivity index (χ3v) is 3.02. The van der Waals surface area contributed by atoms with Crippen LogP contribution in [0.1, 0.15) is 23.2 Å². The van der Waals surface area contributed by atoms with Crippen LogP contribution in [0, 0.1) is 11.9 Å². The number of piperidine rings is 1. The molecule has 3 N–H and O–H groups in total. The summed E-state index contributed by atoms with van der Waals surface area (Å²) in [6, 6.07) is 2.43. The topological polar surface area (TPSA) is 86.6 Å². The van der Waals surface area contributed by atoms with Crippen molar-refractivity contribution in [2.45, 2.75) is 12.8 Å². The zero-order chi connectivity index (χ0) is 13.7. The normalized spacial score (nSPS) is 20.1. The van der Waals surface area contributed by atoms with Gasteiger partial charge in [0.2, 0.25) is 5.95 Å². The van der Waals surface area contributed by atoms with Gasteiger partial charge in [-0.15, -0.1) is 0 Å². The highest BCUT2D eigenvalue weighted by molar-refractivity contribution is 6.06. The van der Waals surface area contributed by atoms with Crippen LogP contribution in [-0.2, 0) is 0 Å². The molecule has 19 heavy (non-hydrogen) atoms. The van der Waals surface area contributed by atoms with Gasteiger partial charge in [-0.05, 0) is 31.5 Å². The Morgan fingerprint density at radius 2 is 2.42 bits per heavy atom. The molecule has 0 spiro atoms. The zero-order valence-electron chi connectivity index (χ0n) is 10.3. The maximum Gasteiger partial charge on any atom is 0.258 e. The van der Waals surface area contributed by atoms with Crippen LogP contribution >= 0.6 is 0 Å². The number of halogens is 1. The smallest absolute Gasteiger partial charge is 0.258 e. The standard InChI is InChI=1S/C12H15FN4O2/c13-10-4-3-9(7-15-10)12(18)16-11(17-19)8-2-1-5-14-6-8/h3-4,7-8,14,19H,1-2,5-6H2,(H,16,17,18)/t8-/m0/s1. The second-order valence-electron chi connectivity index (χ2n) is 4.35. The summed E-state index contributed by atoms with van der Waals surface area (Å²) in [7, 11) is 0. The van der Waals surface area contributed by atoms with Crippen molar-refractivity contribution in [3.05, 3.63) is 29.8 Å². The number of amides is 1. The molecule has 7 heteroatoms. The molecule has 1 atom stereocenters. The highest BCUT2D eigenvalue weighted by atomic mass is 19.1. The summed E-state index contributed by atoms with van der Waals surface area (Å²) in [6.45, 7) is 1.58. The first-order chi connectivity index (χ1) is 9.20. The molecule has 0 radical (unpaired) electrons. The number of aromatic nitrogens is 1. The fraction of sp³-hybridized carbons (Fsp3) is 0.417. The monoisotopic (exact) mass is 266 g/mol. The van der Waals surface area contributed by atoms with E-state index in [0.29, 0.717) is 6.54 Å². The summed E-state index contributed by atoms with van der Waals surface area (Å²) in [5.74, 6) is -0.924. The van der Waals surface area contributed by atoms with Gasteiger partial charge in [-0.3, -0.25) is 4.79 Å². The molecule has 0 saturated carbocycles. The Kier molecular flexibility index (Phi) is 4.40. The predicted molar refractivity (Wildman–Crippen MR) is 66.5 cm³/mol. The van der Waals surface area contributed by atoms with Crippen molar-refractivity contribution in [1.82, 2.24) is 15.6 Å². The van der Waals surface area contributed by atoms with Gasteiger partial charge in [0.25, 0.3) is 5.91 Å². The molecule has 1 aliphatic rings. The van der Waals surface area contributed by atoms with Gasteiger partial charge in [-0.2, -0.15) is 4.39 Å². The van der Waals surface area contributed by atoms with Crippen molar-refractivity contribution in [1.29, 1.82) is 0 Å². The Morgan fingerprint density at radius 3 is 3.00 bits per heavy atom. The molecule has 6 nitrogen and oxygen atoms in total. The molecule has 0 unspecified atom stereocenters. The van der Waals surface area contributed by atoms with Gasteiger partial charge < -0.3 is 15.8 Å². The molecule has 1 aliphatic heterocycles. The Hall–Kier alpha value is -2.02. The molecule has 0 aromatic carbocycles. The second-order valence-corrected chi connectivity index (χ2v) is 4.35. The van der Waals surface area contributed by atoms with Crippen LogP contribution in [0.3, 0.4) is 0 Å². The number of hydrogen-bond acceptors (Lipinski definition) is 5. The average molecular weight is 266 g/mol. The number of rotatable bonds is 2. The first-order valence-corrected chi connectivity index (χ1v) is 6.06. The van der Waals surface area contributed by atoms with Crippen LogP contribution in [-0.4, -0.2) is 35.0 Å². The third-order valence-electron chi connectivity index (χ3n) is 3.02. The van der Waals surface area contributed by atoms with Crippen molar-refractivity contribution in [2.24, 2.45) is 11.1 Å². The zero-order valence-corrected chi connectivity index (χ0v) is 10.3. The molecule has 2 heterocycles. The van der Waals surface area contributed by atoms with E-state index in [2.05, 4.69) is 20.8 Å². The molecule has 0 bridgehead atoms. The molecule has 1 aromatic heterocycles. The molecular formula is C12H15FN4O2. The molecule has 1 amide bonds. The molecule has 1 aromatic rings. The summed E-state index contributed by atoms with van der Waals surface area (Å²) < 4.78 is 12.7. The van der Waals surface area contributed by atoms with Gasteiger partial charge in [-0.1, -0.05) is 5.16 Å². The van der Waals surface area contributed by atoms with Crippen molar-refractivity contribution in [3.63, 3.8) is 0 Å². The Bertz CT molecular complexity index is 469. The lowest BCUT2D eigenvalue weighted by Crippen LogP contribution is -2.43. The molecule has 102 valence electrons. The average Bonchev–Trinajstić information content (AvgIpc) is 2.46. The largest absolute Gasteiger partial charge is 0.409 e. The van der Waals surface area contributed by atoms with Crippen molar-refractivity contribution < 1.29 is 14.4 Å². The Morgan fingerprint density at radius 1 is 1.58 bits per heavy atom. The molecule has 0 aliphatic carbocycles. The minimum atomic E-state index is -0.649. The van der Waals surface area contributed by atoms with Crippen LogP contribution in [0.15, 0.2) is 23.5 Å². The van der Waals surface area contributed by atoms with E-state index >= 15 is 0 Å². The fourth-order valence-electron chi connectivity index (χ4n) is 1.99. The second kappa shape index (κ2) is 6.24. The summed E-state index contributed by atoms with van der Waals surface area (Å²) in [6.07, 6.45) is 2.94. The van der Waals surface area contributed by atoms with E-state index in [1.807, 2.05) is 0 Å². The number of carbonyl (C=O) groups is 1. The fourth-order valence-corrected chi connectivity index (χ4v) is 1.99. The van der Waals surface area contributed by atoms with E-state index in [1.54, 1.807) is 0 Å². The third kappa shape index (κ3) is 3.47. The van der Waals surface area contributed by atoms with Gasteiger partial charge in [0.1, 0.15) is 0 Å². The highest BCUT2D eigenvalue weighted by Crippen LogP contribution is 2.11.